The van der Waals surface area contributed by atoms with Crippen LogP contribution in [0.3, 0.4) is 0 Å². The van der Waals surface area contributed by atoms with E-state index in [1.54, 1.807) is 17.5 Å². The second-order valence-corrected chi connectivity index (χ2v) is 8.73. The van der Waals surface area contributed by atoms with Crippen molar-refractivity contribution in [1.82, 2.24) is 15.6 Å². The first-order chi connectivity index (χ1) is 13.4. The van der Waals surface area contributed by atoms with Gasteiger partial charge in [0.05, 0.1) is 13.2 Å². The Labute approximate surface area is 171 Å². The average molecular weight is 406 g/mol. The van der Waals surface area contributed by atoms with Gasteiger partial charge in [-0.05, 0) is 52.1 Å². The van der Waals surface area contributed by atoms with Gasteiger partial charge in [0, 0.05) is 23.2 Å². The molecule has 0 saturated carbocycles. The summed E-state index contributed by atoms with van der Waals surface area (Å²) in [5, 5.41) is 15.6. The third kappa shape index (κ3) is 8.37. The largest absolute Gasteiger partial charge is 0.444 e. The van der Waals surface area contributed by atoms with Gasteiger partial charge in [-0.15, -0.1) is 11.3 Å². The number of ether oxygens (including phenoxy) is 1. The zero-order valence-corrected chi connectivity index (χ0v) is 17.8. The predicted octanol–water partition coefficient (Wildman–Crippen LogP) is 3.74. The van der Waals surface area contributed by atoms with E-state index in [1.807, 2.05) is 20.8 Å². The van der Waals surface area contributed by atoms with E-state index in [-0.39, 0.29) is 6.61 Å². The molecular weight excluding hydrogens is 374 g/mol. The molecule has 0 radical (unpaired) electrons. The van der Waals surface area contributed by atoms with Gasteiger partial charge in [-0.1, -0.05) is 24.3 Å². The first-order valence-corrected chi connectivity index (χ1v) is 10.5. The van der Waals surface area contributed by atoms with E-state index in [4.69, 9.17) is 9.84 Å². The molecule has 0 bridgehead atoms. The van der Waals surface area contributed by atoms with Crippen molar-refractivity contribution < 1.29 is 14.6 Å². The second kappa shape index (κ2) is 11.1. The van der Waals surface area contributed by atoms with Crippen LogP contribution in [0.1, 0.15) is 44.1 Å². The number of thiazole rings is 1. The third-order valence-electron chi connectivity index (χ3n) is 3.92. The van der Waals surface area contributed by atoms with Crippen LogP contribution in [0.5, 0.6) is 0 Å². The Morgan fingerprint density at radius 2 is 1.93 bits per heavy atom. The minimum Gasteiger partial charge on any atom is -0.444 e. The Bertz CT molecular complexity index is 723. The van der Waals surface area contributed by atoms with Crippen LogP contribution in [-0.4, -0.2) is 41.5 Å². The van der Waals surface area contributed by atoms with E-state index in [2.05, 4.69) is 39.9 Å². The maximum atomic E-state index is 11.7. The molecular formula is C21H31N3O3S. The van der Waals surface area contributed by atoms with E-state index < -0.39 is 11.7 Å². The quantitative estimate of drug-likeness (QED) is 0.525. The fourth-order valence-corrected chi connectivity index (χ4v) is 3.45. The van der Waals surface area contributed by atoms with Crippen molar-refractivity contribution in [3.63, 3.8) is 0 Å². The van der Waals surface area contributed by atoms with Crippen molar-refractivity contribution in [2.24, 2.45) is 0 Å². The zero-order valence-electron chi connectivity index (χ0n) is 17.0. The molecule has 7 heteroatoms. The first-order valence-electron chi connectivity index (χ1n) is 9.70. The highest BCUT2D eigenvalue weighted by molar-refractivity contribution is 7.15. The molecule has 0 saturated heterocycles. The Kier molecular flexibility index (Phi) is 8.89. The maximum absolute atomic E-state index is 11.7. The van der Waals surface area contributed by atoms with E-state index in [1.165, 1.54) is 5.56 Å². The molecule has 0 aliphatic carbocycles. The monoisotopic (exact) mass is 405 g/mol. The van der Waals surface area contributed by atoms with Gasteiger partial charge in [-0.2, -0.15) is 0 Å². The van der Waals surface area contributed by atoms with Crippen LogP contribution < -0.4 is 10.6 Å². The molecule has 1 aromatic heterocycles. The summed E-state index contributed by atoms with van der Waals surface area (Å²) in [6.45, 7) is 7.74. The van der Waals surface area contributed by atoms with Crippen molar-refractivity contribution >= 4 is 17.4 Å². The Morgan fingerprint density at radius 1 is 1.18 bits per heavy atom. The number of nitrogens with zero attached hydrogens (tertiary/aromatic N) is 1. The molecule has 0 spiro atoms. The fourth-order valence-electron chi connectivity index (χ4n) is 2.59. The van der Waals surface area contributed by atoms with Gasteiger partial charge in [0.15, 0.2) is 0 Å². The summed E-state index contributed by atoms with van der Waals surface area (Å²) in [7, 11) is 0. The lowest BCUT2D eigenvalue weighted by Crippen LogP contribution is -2.31. The number of alkyl carbamates (subject to hydrolysis) is 1. The number of aryl methyl sites for hydroxylation is 1. The highest BCUT2D eigenvalue weighted by Crippen LogP contribution is 2.25. The van der Waals surface area contributed by atoms with Crippen LogP contribution in [0, 0.1) is 0 Å². The number of aliphatic hydroxyl groups excluding tert-OH is 1. The van der Waals surface area contributed by atoms with Crippen molar-refractivity contribution in [1.29, 1.82) is 0 Å². The van der Waals surface area contributed by atoms with E-state index in [9.17, 15) is 4.79 Å². The van der Waals surface area contributed by atoms with Crippen LogP contribution in [-0.2, 0) is 17.7 Å². The van der Waals surface area contributed by atoms with Gasteiger partial charge in [0.25, 0.3) is 0 Å². The lowest BCUT2D eigenvalue weighted by molar-refractivity contribution is 0.0524. The fraction of sp³-hybridized carbons (Fsp3) is 0.524. The number of rotatable bonds is 10. The zero-order chi connectivity index (χ0) is 20.4. The number of benzene rings is 1. The van der Waals surface area contributed by atoms with Gasteiger partial charge in [0.1, 0.15) is 10.6 Å². The minimum atomic E-state index is -0.499. The third-order valence-corrected chi connectivity index (χ3v) is 4.96. The minimum absolute atomic E-state index is 0.191. The van der Waals surface area contributed by atoms with Gasteiger partial charge < -0.3 is 20.5 Å². The summed E-state index contributed by atoms with van der Waals surface area (Å²) >= 11 is 1.57. The van der Waals surface area contributed by atoms with Crippen LogP contribution in [0.4, 0.5) is 4.79 Å². The number of carbonyl (C=O) groups excluding carboxylic acids is 1. The van der Waals surface area contributed by atoms with Gasteiger partial charge in [-0.25, -0.2) is 9.78 Å². The van der Waals surface area contributed by atoms with Crippen LogP contribution >= 0.6 is 11.3 Å². The Balaban J connectivity index is 1.78. The molecule has 0 aliphatic rings. The summed E-state index contributed by atoms with van der Waals surface area (Å²) in [6, 6.07) is 8.50. The molecule has 0 fully saturated rings. The van der Waals surface area contributed by atoms with Gasteiger partial charge >= 0.3 is 6.09 Å². The van der Waals surface area contributed by atoms with Crippen molar-refractivity contribution in [3.05, 3.63) is 40.9 Å². The van der Waals surface area contributed by atoms with Gasteiger partial charge in [0.2, 0.25) is 0 Å². The summed E-state index contributed by atoms with van der Waals surface area (Å²) in [5.74, 6) is 0. The Hall–Kier alpha value is -1.96. The predicted molar refractivity (Wildman–Crippen MR) is 114 cm³/mol. The highest BCUT2D eigenvalue weighted by atomic mass is 32.1. The molecule has 1 heterocycles. The highest BCUT2D eigenvalue weighted by Gasteiger charge is 2.16. The Morgan fingerprint density at radius 3 is 2.61 bits per heavy atom. The number of nitrogens with one attached hydrogen (secondary N) is 2. The molecule has 1 amide bonds. The molecule has 3 N–H and O–H groups in total. The van der Waals surface area contributed by atoms with Crippen LogP contribution in [0.2, 0.25) is 0 Å². The smallest absolute Gasteiger partial charge is 0.407 e. The number of amides is 1. The molecule has 1 aromatic carbocycles. The lowest BCUT2D eigenvalue weighted by atomic mass is 10.1. The molecule has 0 unspecified atom stereocenters. The van der Waals surface area contributed by atoms with Gasteiger partial charge in [-0.3, -0.25) is 0 Å². The van der Waals surface area contributed by atoms with Crippen LogP contribution in [0.15, 0.2) is 30.5 Å². The summed E-state index contributed by atoms with van der Waals surface area (Å²) < 4.78 is 5.24. The van der Waals surface area contributed by atoms with Crippen LogP contribution in [0.25, 0.3) is 10.6 Å². The second-order valence-electron chi connectivity index (χ2n) is 7.61. The number of unbranched alkanes of at least 4 members (excludes halogenated alkanes) is 1. The van der Waals surface area contributed by atoms with Crippen molar-refractivity contribution in [2.45, 2.75) is 52.2 Å². The topological polar surface area (TPSA) is 83.5 Å². The number of aliphatic hydroxyl groups is 1. The molecule has 28 heavy (non-hydrogen) atoms. The van der Waals surface area contributed by atoms with Crippen molar-refractivity contribution in [2.75, 3.05) is 19.7 Å². The lowest BCUT2D eigenvalue weighted by Gasteiger charge is -2.19. The summed E-state index contributed by atoms with van der Waals surface area (Å²) in [5.41, 5.74) is 1.90. The number of carbonyl (C=O) groups is 1. The average Bonchev–Trinajstić information content (AvgIpc) is 3.11. The van der Waals surface area contributed by atoms with Crippen molar-refractivity contribution in [3.8, 4) is 10.6 Å². The summed E-state index contributed by atoms with van der Waals surface area (Å²) in [6.07, 6.45) is 4.64. The molecule has 154 valence electrons. The summed E-state index contributed by atoms with van der Waals surface area (Å²) in [4.78, 5) is 17.2. The molecule has 0 atom stereocenters. The number of hydrogen-bond donors (Lipinski definition) is 3. The number of hydrogen-bond acceptors (Lipinski definition) is 6. The molecule has 2 rings (SSSR count). The molecule has 2 aromatic rings. The SMILES string of the molecule is CC(C)(C)OC(=O)NCc1cnc(-c2ccc(CCCCNCCO)cc2)s1. The standard InChI is InChI=1S/C21H31N3O3S/c1-21(2,3)27-20(26)24-15-18-14-23-19(28-18)17-9-7-16(8-10-17)6-4-5-11-22-12-13-25/h7-10,14,22,25H,4-6,11-13,15H2,1-3H3,(H,24,26). The molecule has 0 aliphatic heterocycles. The number of aromatic nitrogens is 1. The van der Waals surface area contributed by atoms with E-state index in [0.717, 1.165) is 41.3 Å². The van der Waals surface area contributed by atoms with E-state index in [0.29, 0.717) is 13.1 Å². The van der Waals surface area contributed by atoms with E-state index >= 15 is 0 Å². The first kappa shape index (κ1) is 22.3. The molecule has 6 nitrogen and oxygen atoms in total. The normalized spacial score (nSPS) is 11.4. The maximum Gasteiger partial charge on any atom is 0.407 e.